The first kappa shape index (κ1) is 35.1. The second kappa shape index (κ2) is 18.4. The van der Waals surface area contributed by atoms with Crippen LogP contribution in [-0.2, 0) is 19.7 Å². The summed E-state index contributed by atoms with van der Waals surface area (Å²) in [4.78, 5) is 17.8. The molecule has 0 fully saturated rings. The second-order valence-electron chi connectivity index (χ2n) is 12.5. The van der Waals surface area contributed by atoms with Gasteiger partial charge < -0.3 is 14.8 Å². The molecule has 0 aliphatic carbocycles. The zero-order valence-electron chi connectivity index (χ0n) is 27.1. The van der Waals surface area contributed by atoms with Crippen LogP contribution in [0.3, 0.4) is 0 Å². The van der Waals surface area contributed by atoms with E-state index in [0.717, 1.165) is 18.5 Å². The van der Waals surface area contributed by atoms with Gasteiger partial charge in [-0.1, -0.05) is 135 Å². The number of benzene rings is 1. The molecule has 3 rings (SSSR count). The van der Waals surface area contributed by atoms with Crippen LogP contribution in [0.5, 0.6) is 0 Å². The van der Waals surface area contributed by atoms with Gasteiger partial charge in [0.05, 0.1) is 18.0 Å². The maximum atomic E-state index is 13.2. The Morgan fingerprint density at radius 2 is 1.49 bits per heavy atom. The molecular formula is C34H54ClN5O3. The summed E-state index contributed by atoms with van der Waals surface area (Å²) in [5, 5.41) is 11.3. The van der Waals surface area contributed by atoms with Crippen molar-refractivity contribution in [2.24, 2.45) is 0 Å². The number of amides is 1. The maximum Gasteiger partial charge on any atom is 0.281 e. The van der Waals surface area contributed by atoms with Crippen LogP contribution in [-0.4, -0.2) is 45.2 Å². The number of para-hydroxylation sites is 1. The minimum Gasteiger partial charge on any atom is -0.345 e. The molecule has 1 unspecified atom stereocenters. The van der Waals surface area contributed by atoms with Gasteiger partial charge in [0.2, 0.25) is 6.29 Å². The van der Waals surface area contributed by atoms with E-state index in [-0.39, 0.29) is 11.3 Å². The third kappa shape index (κ3) is 11.2. The van der Waals surface area contributed by atoms with Crippen molar-refractivity contribution < 1.29 is 14.3 Å². The number of ether oxygens (including phenoxy) is 2. The summed E-state index contributed by atoms with van der Waals surface area (Å²) in [6, 6.07) is 7.43. The van der Waals surface area contributed by atoms with Gasteiger partial charge in [-0.15, -0.1) is 5.10 Å². The number of carbonyl (C=O) groups excluding carboxylic acids is 1. The number of nitrogens with zero attached hydrogens (tertiary/aromatic N) is 3. The van der Waals surface area contributed by atoms with Gasteiger partial charge in [-0.25, -0.2) is 4.98 Å². The molecule has 8 nitrogen and oxygen atoms in total. The summed E-state index contributed by atoms with van der Waals surface area (Å²) in [5.41, 5.74) is 2.51. The normalized spacial score (nSPS) is 12.7. The van der Waals surface area contributed by atoms with Gasteiger partial charge >= 0.3 is 0 Å². The smallest absolute Gasteiger partial charge is 0.281 e. The average molecular weight is 616 g/mol. The van der Waals surface area contributed by atoms with E-state index < -0.39 is 6.29 Å². The van der Waals surface area contributed by atoms with Crippen LogP contribution in [0.25, 0.3) is 17.0 Å². The number of carbonyl (C=O) groups is 1. The highest BCUT2D eigenvalue weighted by atomic mass is 35.5. The van der Waals surface area contributed by atoms with E-state index in [2.05, 4.69) is 48.2 Å². The van der Waals surface area contributed by atoms with Crippen LogP contribution in [0.4, 0.5) is 5.69 Å². The van der Waals surface area contributed by atoms with Crippen molar-refractivity contribution in [3.05, 3.63) is 35.0 Å². The van der Waals surface area contributed by atoms with Crippen molar-refractivity contribution in [2.45, 2.75) is 136 Å². The minimum absolute atomic E-state index is 0.174. The predicted octanol–water partition coefficient (Wildman–Crippen LogP) is 9.47. The van der Waals surface area contributed by atoms with Crippen molar-refractivity contribution in [2.75, 3.05) is 18.5 Å². The van der Waals surface area contributed by atoms with Crippen LogP contribution in [0.2, 0.25) is 5.02 Å². The monoisotopic (exact) mass is 615 g/mol. The number of H-pyrrole nitrogens is 1. The number of nitrogens with one attached hydrogen (secondary N) is 2. The summed E-state index contributed by atoms with van der Waals surface area (Å²) in [7, 11) is 0. The number of unbranched alkanes of at least 4 members (excludes halogenated alkanes) is 13. The van der Waals surface area contributed by atoms with Crippen molar-refractivity contribution in [3.8, 4) is 11.4 Å². The number of rotatable bonds is 21. The van der Waals surface area contributed by atoms with E-state index in [1.807, 2.05) is 31.2 Å². The minimum atomic E-state index is -0.978. The van der Waals surface area contributed by atoms with Gasteiger partial charge in [0.1, 0.15) is 5.02 Å². The Hall–Kier alpha value is -2.42. The molecule has 43 heavy (non-hydrogen) atoms. The fraction of sp³-hybridized carbons (Fsp3) is 0.676. The summed E-state index contributed by atoms with van der Waals surface area (Å²) in [6.07, 6.45) is 17.2. The van der Waals surface area contributed by atoms with E-state index in [1.165, 1.54) is 77.0 Å². The number of hydrogen-bond acceptors (Lipinski definition) is 5. The second-order valence-corrected chi connectivity index (χ2v) is 12.9. The average Bonchev–Trinajstić information content (AvgIpc) is 3.54. The van der Waals surface area contributed by atoms with Gasteiger partial charge in [0.15, 0.2) is 11.5 Å². The van der Waals surface area contributed by atoms with E-state index in [0.29, 0.717) is 41.0 Å². The molecule has 0 bridgehead atoms. The highest BCUT2D eigenvalue weighted by Crippen LogP contribution is 2.33. The first-order valence-corrected chi connectivity index (χ1v) is 16.9. The van der Waals surface area contributed by atoms with Crippen molar-refractivity contribution in [1.82, 2.24) is 19.8 Å². The lowest BCUT2D eigenvalue weighted by Crippen LogP contribution is -2.33. The van der Waals surface area contributed by atoms with Gasteiger partial charge in [0.25, 0.3) is 5.91 Å². The fourth-order valence-corrected chi connectivity index (χ4v) is 5.67. The summed E-state index contributed by atoms with van der Waals surface area (Å²) < 4.78 is 13.1. The SMILES string of the molecule is CCCCCCCCCCCCCCCCOC(OCC)C(=O)Nc1ccccc1-c1nc2c(Cl)c(C(C)(C)C)[nH]n2n1. The molecule has 0 spiro atoms. The molecule has 1 aromatic carbocycles. The quantitative estimate of drug-likeness (QED) is 0.0919. The zero-order valence-corrected chi connectivity index (χ0v) is 27.9. The number of hydrogen-bond donors (Lipinski definition) is 2. The van der Waals surface area contributed by atoms with E-state index in [4.69, 9.17) is 21.1 Å². The van der Waals surface area contributed by atoms with Gasteiger partial charge in [0, 0.05) is 17.6 Å². The Labute approximate surface area is 263 Å². The molecule has 1 atom stereocenters. The van der Waals surface area contributed by atoms with E-state index in [1.54, 1.807) is 4.63 Å². The molecule has 0 saturated heterocycles. The molecule has 240 valence electrons. The molecule has 1 amide bonds. The molecule has 2 N–H and O–H groups in total. The molecule has 0 aliphatic rings. The van der Waals surface area contributed by atoms with Gasteiger partial charge in [-0.3, -0.25) is 9.89 Å². The molecule has 0 radical (unpaired) electrons. The van der Waals surface area contributed by atoms with Crippen LogP contribution in [0.15, 0.2) is 24.3 Å². The Bertz CT molecular complexity index is 1230. The third-order valence-electron chi connectivity index (χ3n) is 7.72. The molecule has 2 heterocycles. The molecule has 0 aliphatic heterocycles. The Morgan fingerprint density at radius 1 is 0.907 bits per heavy atom. The number of anilines is 1. The first-order valence-electron chi connectivity index (χ1n) is 16.5. The van der Waals surface area contributed by atoms with E-state index >= 15 is 0 Å². The lowest BCUT2D eigenvalue weighted by atomic mass is 9.92. The topological polar surface area (TPSA) is 93.5 Å². The van der Waals surface area contributed by atoms with Crippen molar-refractivity contribution in [1.29, 1.82) is 0 Å². The van der Waals surface area contributed by atoms with Crippen LogP contribution in [0, 0.1) is 0 Å². The van der Waals surface area contributed by atoms with Crippen LogP contribution >= 0.6 is 11.6 Å². The Morgan fingerprint density at radius 3 is 2.05 bits per heavy atom. The molecule has 0 saturated carbocycles. The highest BCUT2D eigenvalue weighted by molar-refractivity contribution is 6.34. The van der Waals surface area contributed by atoms with Crippen molar-refractivity contribution >= 4 is 28.8 Å². The number of aromatic amines is 1. The van der Waals surface area contributed by atoms with Gasteiger partial charge in [-0.05, 0) is 25.5 Å². The van der Waals surface area contributed by atoms with Crippen molar-refractivity contribution in [3.63, 3.8) is 0 Å². The predicted molar refractivity (Wildman–Crippen MR) is 177 cm³/mol. The summed E-state index contributed by atoms with van der Waals surface area (Å²) in [6.45, 7) is 11.2. The zero-order chi connectivity index (χ0) is 31.1. The largest absolute Gasteiger partial charge is 0.345 e. The van der Waals surface area contributed by atoms with Crippen LogP contribution in [0.1, 0.15) is 130 Å². The maximum absolute atomic E-state index is 13.2. The lowest BCUT2D eigenvalue weighted by Gasteiger charge is -2.18. The number of fused-ring (bicyclic) bond motifs is 1. The Kier molecular flexibility index (Phi) is 15.0. The Balaban J connectivity index is 1.41. The fourth-order valence-electron chi connectivity index (χ4n) is 5.23. The molecule has 3 aromatic rings. The van der Waals surface area contributed by atoms with Gasteiger partial charge in [-0.2, -0.15) is 4.63 Å². The van der Waals surface area contributed by atoms with Crippen LogP contribution < -0.4 is 5.32 Å². The molecule has 2 aromatic heterocycles. The third-order valence-corrected chi connectivity index (χ3v) is 8.07. The number of halogens is 1. The molecule has 9 heteroatoms. The highest BCUT2D eigenvalue weighted by Gasteiger charge is 2.26. The lowest BCUT2D eigenvalue weighted by molar-refractivity contribution is -0.166. The first-order chi connectivity index (χ1) is 20.8. The molecular weight excluding hydrogens is 562 g/mol. The van der Waals surface area contributed by atoms with E-state index in [9.17, 15) is 4.79 Å². The number of aromatic nitrogens is 4. The summed E-state index contributed by atoms with van der Waals surface area (Å²) >= 11 is 6.62. The standard InChI is InChI=1S/C34H54ClN5O3/c1-6-8-9-10-11-12-13-14-15-16-17-18-19-22-25-43-33(42-7-2)32(41)36-27-24-21-20-23-26(27)30-37-31-28(35)29(34(3,4)5)38-40(31)39-30/h20-21,23-24,33,38H,6-19,22,25H2,1-5H3,(H,36,41). The summed E-state index contributed by atoms with van der Waals surface area (Å²) in [5.74, 6) is 0.110.